The maximum Gasteiger partial charge on any atom is 0.247 e. The van der Waals surface area contributed by atoms with Gasteiger partial charge in [-0.25, -0.2) is 0 Å². The molecule has 1 aromatic heterocycles. The van der Waals surface area contributed by atoms with Crippen LogP contribution >= 0.6 is 11.6 Å². The molecule has 0 spiro atoms. The fraction of sp³-hybridized carbons (Fsp3) is 0.333. The Balaban J connectivity index is 1.77. The average molecular weight is 464 g/mol. The molecule has 6 heteroatoms. The summed E-state index contributed by atoms with van der Waals surface area (Å²) in [6.45, 7) is 6.03. The number of aromatic nitrogens is 1. The van der Waals surface area contributed by atoms with E-state index >= 15 is 0 Å². The van der Waals surface area contributed by atoms with Gasteiger partial charge in [-0.15, -0.1) is 0 Å². The van der Waals surface area contributed by atoms with Crippen molar-refractivity contribution >= 4 is 29.1 Å². The summed E-state index contributed by atoms with van der Waals surface area (Å²) in [6, 6.07) is 19.2. The molecule has 0 bridgehead atoms. The molecule has 0 aliphatic carbocycles. The molecule has 33 heavy (non-hydrogen) atoms. The Morgan fingerprint density at radius 2 is 1.70 bits per heavy atom. The lowest BCUT2D eigenvalue weighted by atomic mass is 9.97. The quantitative estimate of drug-likeness (QED) is 0.431. The largest absolute Gasteiger partial charge is 0.331 e. The second-order valence-corrected chi connectivity index (χ2v) is 9.16. The van der Waals surface area contributed by atoms with E-state index < -0.39 is 0 Å². The average Bonchev–Trinajstić information content (AvgIpc) is 3.30. The zero-order chi connectivity index (χ0) is 23.5. The summed E-state index contributed by atoms with van der Waals surface area (Å²) in [6.07, 6.45) is 4.25. The molecule has 172 valence electrons. The first-order chi connectivity index (χ1) is 15.9. The van der Waals surface area contributed by atoms with E-state index in [-0.39, 0.29) is 30.4 Å². The predicted octanol–water partition coefficient (Wildman–Crippen LogP) is 5.99. The van der Waals surface area contributed by atoms with Crippen LogP contribution < -0.4 is 4.90 Å². The molecular formula is C27H30ClN3O2. The lowest BCUT2D eigenvalue weighted by Gasteiger charge is -2.40. The monoisotopic (exact) mass is 463 g/mol. The second-order valence-electron chi connectivity index (χ2n) is 8.73. The number of anilines is 1. The van der Waals surface area contributed by atoms with E-state index in [1.165, 1.54) is 0 Å². The van der Waals surface area contributed by atoms with Gasteiger partial charge < -0.3 is 9.47 Å². The first kappa shape index (κ1) is 23.1. The van der Waals surface area contributed by atoms with Gasteiger partial charge in [-0.2, -0.15) is 0 Å². The molecule has 0 saturated carbocycles. The number of hydrogen-bond acceptors (Lipinski definition) is 2. The molecule has 0 radical (unpaired) electrons. The lowest BCUT2D eigenvalue weighted by molar-refractivity contribution is -0.137. The van der Waals surface area contributed by atoms with Crippen LogP contribution in [0.15, 0.2) is 66.9 Å². The summed E-state index contributed by atoms with van der Waals surface area (Å²) < 4.78 is 2.13. The number of halogens is 1. The van der Waals surface area contributed by atoms with Gasteiger partial charge in [-0.1, -0.05) is 49.2 Å². The molecule has 3 aromatic rings. The number of benzene rings is 2. The zero-order valence-corrected chi connectivity index (χ0v) is 20.1. The van der Waals surface area contributed by atoms with Crippen LogP contribution in [0.25, 0.3) is 5.69 Å². The highest BCUT2D eigenvalue weighted by Crippen LogP contribution is 2.42. The number of carbonyl (C=O) groups excluding carboxylic acids is 2. The van der Waals surface area contributed by atoms with Gasteiger partial charge in [0.1, 0.15) is 12.6 Å². The van der Waals surface area contributed by atoms with Crippen LogP contribution in [0.2, 0.25) is 5.02 Å². The predicted molar refractivity (Wildman–Crippen MR) is 133 cm³/mol. The van der Waals surface area contributed by atoms with E-state index in [1.807, 2.05) is 85.6 Å². The van der Waals surface area contributed by atoms with Crippen LogP contribution in [0, 0.1) is 0 Å². The number of fused-ring (bicyclic) bond motifs is 3. The number of carbonyl (C=O) groups is 2. The SMILES string of the molecule is CCCCC(=O)N(CC(=O)N1c2ccccc2-n2cccc2C1c1ccc(Cl)cc1)C(C)C. The minimum atomic E-state index is -0.320. The third-order valence-electron chi connectivity index (χ3n) is 6.17. The molecule has 1 unspecified atom stereocenters. The Labute approximate surface area is 200 Å². The van der Waals surface area contributed by atoms with Gasteiger partial charge in [0.2, 0.25) is 11.8 Å². The highest BCUT2D eigenvalue weighted by atomic mass is 35.5. The van der Waals surface area contributed by atoms with Gasteiger partial charge in [0.15, 0.2) is 0 Å². The number of rotatable bonds is 7. The lowest BCUT2D eigenvalue weighted by Crippen LogP contribution is -2.48. The summed E-state index contributed by atoms with van der Waals surface area (Å²) in [4.78, 5) is 30.4. The van der Waals surface area contributed by atoms with E-state index in [1.54, 1.807) is 4.90 Å². The molecule has 1 aliphatic heterocycles. The smallest absolute Gasteiger partial charge is 0.247 e. The van der Waals surface area contributed by atoms with Crippen molar-refractivity contribution in [2.45, 2.75) is 52.1 Å². The number of para-hydroxylation sites is 2. The molecule has 0 fully saturated rings. The molecular weight excluding hydrogens is 434 g/mol. The van der Waals surface area contributed by atoms with Crippen molar-refractivity contribution in [3.05, 3.63) is 83.1 Å². The van der Waals surface area contributed by atoms with Crippen LogP contribution in [0.3, 0.4) is 0 Å². The maximum absolute atomic E-state index is 13.9. The van der Waals surface area contributed by atoms with Gasteiger partial charge in [-0.3, -0.25) is 14.5 Å². The zero-order valence-electron chi connectivity index (χ0n) is 19.4. The van der Waals surface area contributed by atoms with E-state index in [9.17, 15) is 9.59 Å². The van der Waals surface area contributed by atoms with Crippen molar-refractivity contribution in [3.63, 3.8) is 0 Å². The Kier molecular flexibility index (Phi) is 6.89. The number of amides is 2. The molecule has 2 aromatic carbocycles. The highest BCUT2D eigenvalue weighted by Gasteiger charge is 2.37. The standard InChI is InChI=1S/C27H30ClN3O2/c1-4-5-12-25(32)30(19(2)3)18-26(33)31-23-10-7-6-9-22(23)29-17-8-11-24(29)27(31)20-13-15-21(28)16-14-20/h6-11,13-17,19,27H,4-5,12,18H2,1-3H3. The number of unbranched alkanes of at least 4 members (excludes halogenated alkanes) is 1. The molecule has 1 aliphatic rings. The molecule has 5 nitrogen and oxygen atoms in total. The molecule has 2 amide bonds. The summed E-state index contributed by atoms with van der Waals surface area (Å²) in [5, 5.41) is 0.649. The van der Waals surface area contributed by atoms with Crippen LogP contribution in [0.4, 0.5) is 5.69 Å². The van der Waals surface area contributed by atoms with E-state index in [0.29, 0.717) is 11.4 Å². The van der Waals surface area contributed by atoms with Gasteiger partial charge >= 0.3 is 0 Å². The van der Waals surface area contributed by atoms with Gasteiger partial charge in [-0.05, 0) is 62.2 Å². The number of hydrogen-bond donors (Lipinski definition) is 0. The van der Waals surface area contributed by atoms with Gasteiger partial charge in [0.25, 0.3) is 0 Å². The van der Waals surface area contributed by atoms with Crippen molar-refractivity contribution in [2.24, 2.45) is 0 Å². The maximum atomic E-state index is 13.9. The van der Waals surface area contributed by atoms with E-state index in [4.69, 9.17) is 11.6 Å². The Morgan fingerprint density at radius 3 is 2.36 bits per heavy atom. The van der Waals surface area contributed by atoms with E-state index in [2.05, 4.69) is 11.5 Å². The van der Waals surface area contributed by atoms with Crippen LogP contribution in [0.1, 0.15) is 57.3 Å². The topological polar surface area (TPSA) is 45.6 Å². The van der Waals surface area contributed by atoms with Crippen molar-refractivity contribution in [1.82, 2.24) is 9.47 Å². The summed E-state index contributed by atoms with van der Waals surface area (Å²) in [7, 11) is 0. The molecule has 0 saturated heterocycles. The minimum Gasteiger partial charge on any atom is -0.331 e. The summed E-state index contributed by atoms with van der Waals surface area (Å²) in [5.41, 5.74) is 3.74. The third-order valence-corrected chi connectivity index (χ3v) is 6.42. The van der Waals surface area contributed by atoms with Gasteiger partial charge in [0, 0.05) is 23.7 Å². The normalized spacial score (nSPS) is 14.7. The van der Waals surface area contributed by atoms with Crippen LogP contribution in [0.5, 0.6) is 0 Å². The second kappa shape index (κ2) is 9.84. The van der Waals surface area contributed by atoms with Crippen molar-refractivity contribution in [3.8, 4) is 5.69 Å². The molecule has 4 rings (SSSR count). The summed E-state index contributed by atoms with van der Waals surface area (Å²) in [5.74, 6) is -0.0784. The Morgan fingerprint density at radius 1 is 1.00 bits per heavy atom. The van der Waals surface area contributed by atoms with E-state index in [0.717, 1.165) is 35.5 Å². The van der Waals surface area contributed by atoms with Crippen molar-refractivity contribution < 1.29 is 9.59 Å². The minimum absolute atomic E-state index is 0.0249. The number of nitrogens with zero attached hydrogens (tertiary/aromatic N) is 3. The molecule has 1 atom stereocenters. The summed E-state index contributed by atoms with van der Waals surface area (Å²) >= 11 is 6.16. The van der Waals surface area contributed by atoms with Crippen molar-refractivity contribution in [1.29, 1.82) is 0 Å². The third kappa shape index (κ3) is 4.55. The first-order valence-corrected chi connectivity index (χ1v) is 11.9. The van der Waals surface area contributed by atoms with Gasteiger partial charge in [0.05, 0.1) is 17.1 Å². The Hall–Kier alpha value is -3.05. The van der Waals surface area contributed by atoms with Crippen LogP contribution in [-0.2, 0) is 9.59 Å². The fourth-order valence-electron chi connectivity index (χ4n) is 4.47. The first-order valence-electron chi connectivity index (χ1n) is 11.6. The molecule has 0 N–H and O–H groups in total. The molecule has 2 heterocycles. The fourth-order valence-corrected chi connectivity index (χ4v) is 4.60. The highest BCUT2D eigenvalue weighted by molar-refractivity contribution is 6.30. The van der Waals surface area contributed by atoms with Crippen molar-refractivity contribution in [2.75, 3.05) is 11.4 Å². The van der Waals surface area contributed by atoms with Crippen LogP contribution in [-0.4, -0.2) is 33.9 Å². The Bertz CT molecular complexity index is 1140.